The molecule has 0 radical (unpaired) electrons. The number of carboxylic acids is 1. The van der Waals surface area contributed by atoms with Gasteiger partial charge in [0, 0.05) is 18.7 Å². The van der Waals surface area contributed by atoms with Gasteiger partial charge in [-0.05, 0) is 6.42 Å². The monoisotopic (exact) mass is 279 g/mol. The van der Waals surface area contributed by atoms with Crippen LogP contribution in [0.4, 0.5) is 4.79 Å². The van der Waals surface area contributed by atoms with E-state index >= 15 is 0 Å². The Morgan fingerprint density at radius 1 is 1.22 bits per heavy atom. The highest BCUT2D eigenvalue weighted by atomic mass is 32.2. The average Bonchev–Trinajstić information content (AvgIpc) is 2.20. The molecule has 3 amide bonds. The molecular weight excluding hydrogens is 266 g/mol. The maximum absolute atomic E-state index is 11.0. The molecule has 0 spiro atoms. The van der Waals surface area contributed by atoms with E-state index in [0.29, 0.717) is 12.2 Å². The number of nitrogens with one attached hydrogen (secondary N) is 2. The Labute approximate surface area is 103 Å². The Bertz CT molecular complexity index is 455. The number of rotatable bonds is 6. The van der Waals surface area contributed by atoms with Crippen LogP contribution in [0.15, 0.2) is 12.2 Å². The van der Waals surface area contributed by atoms with Crippen LogP contribution in [-0.2, 0) is 19.6 Å². The van der Waals surface area contributed by atoms with Crippen molar-refractivity contribution < 1.29 is 27.9 Å². The van der Waals surface area contributed by atoms with Crippen LogP contribution < -0.4 is 15.8 Å². The molecule has 0 aromatic carbocycles. The van der Waals surface area contributed by atoms with E-state index in [4.69, 9.17) is 10.2 Å². The first kappa shape index (κ1) is 16.1. The molecule has 18 heavy (non-hydrogen) atoms. The van der Waals surface area contributed by atoms with Crippen molar-refractivity contribution in [1.82, 2.24) is 10.6 Å². The number of hydrogen-bond donors (Lipinski definition) is 4. The highest BCUT2D eigenvalue weighted by Crippen LogP contribution is 1.83. The second-order valence-electron chi connectivity index (χ2n) is 3.14. The minimum Gasteiger partial charge on any atom is -0.478 e. The summed E-state index contributed by atoms with van der Waals surface area (Å²) in [5.74, 6) is -2.51. The van der Waals surface area contributed by atoms with Crippen LogP contribution in [0, 0.1) is 0 Å². The van der Waals surface area contributed by atoms with Gasteiger partial charge in [-0.15, -0.1) is 0 Å². The molecule has 10 heteroatoms. The van der Waals surface area contributed by atoms with Crippen LogP contribution in [0.3, 0.4) is 0 Å². The smallest absolute Gasteiger partial charge is 0.328 e. The average molecular weight is 279 g/mol. The third-order valence-electron chi connectivity index (χ3n) is 1.51. The van der Waals surface area contributed by atoms with Crippen LogP contribution in [0.5, 0.6) is 0 Å². The lowest BCUT2D eigenvalue weighted by atomic mass is 10.4. The van der Waals surface area contributed by atoms with Crippen molar-refractivity contribution in [3.8, 4) is 0 Å². The van der Waals surface area contributed by atoms with Crippen molar-refractivity contribution in [2.24, 2.45) is 5.14 Å². The standard InChI is InChI=1S/C8H13N3O6S/c9-18(16,17)5-1-4-10-8(15)11-6(12)2-3-7(13)14/h2-3H,1,4-5H2,(H,13,14)(H2,9,16,17)(H2,10,11,12,15). The number of primary sulfonamides is 1. The van der Waals surface area contributed by atoms with E-state index in [0.717, 1.165) is 0 Å². The molecule has 0 aliphatic carbocycles. The zero-order chi connectivity index (χ0) is 14.2. The molecule has 0 aromatic heterocycles. The third kappa shape index (κ3) is 10.6. The molecule has 0 saturated heterocycles. The first-order valence-corrected chi connectivity index (χ1v) is 6.42. The van der Waals surface area contributed by atoms with Crippen molar-refractivity contribution in [3.05, 3.63) is 12.2 Å². The first-order chi connectivity index (χ1) is 8.20. The number of carboxylic acid groups (broad SMARTS) is 1. The normalized spacial score (nSPS) is 11.2. The third-order valence-corrected chi connectivity index (χ3v) is 2.36. The molecule has 102 valence electrons. The minimum atomic E-state index is -3.58. The molecule has 5 N–H and O–H groups in total. The maximum atomic E-state index is 11.0. The number of carbonyl (C=O) groups excluding carboxylic acids is 2. The number of urea groups is 1. The summed E-state index contributed by atoms with van der Waals surface area (Å²) in [5, 5.41) is 17.0. The second kappa shape index (κ2) is 7.40. The molecule has 0 aromatic rings. The zero-order valence-corrected chi connectivity index (χ0v) is 10.1. The molecule has 0 atom stereocenters. The van der Waals surface area contributed by atoms with E-state index in [1.165, 1.54) is 0 Å². The number of amides is 3. The van der Waals surface area contributed by atoms with Gasteiger partial charge in [0.05, 0.1) is 5.75 Å². The predicted molar refractivity (Wildman–Crippen MR) is 60.9 cm³/mol. The van der Waals surface area contributed by atoms with Gasteiger partial charge < -0.3 is 10.4 Å². The molecule has 0 aliphatic rings. The molecule has 0 aliphatic heterocycles. The summed E-state index contributed by atoms with van der Waals surface area (Å²) in [5.41, 5.74) is 0. The number of aliphatic carboxylic acids is 1. The van der Waals surface area contributed by atoms with E-state index in [-0.39, 0.29) is 18.7 Å². The van der Waals surface area contributed by atoms with E-state index in [1.807, 2.05) is 5.32 Å². The summed E-state index contributed by atoms with van der Waals surface area (Å²) in [4.78, 5) is 32.0. The lowest BCUT2D eigenvalue weighted by Gasteiger charge is -2.04. The number of carbonyl (C=O) groups is 3. The van der Waals surface area contributed by atoms with Crippen LogP contribution >= 0.6 is 0 Å². The Balaban J connectivity index is 3.85. The summed E-state index contributed by atoms with van der Waals surface area (Å²) in [6.45, 7) is 0.0121. The second-order valence-corrected chi connectivity index (χ2v) is 4.87. The summed E-state index contributed by atoms with van der Waals surface area (Å²) in [6.07, 6.45) is 1.35. The molecule has 0 bridgehead atoms. The largest absolute Gasteiger partial charge is 0.478 e. The highest BCUT2D eigenvalue weighted by Gasteiger charge is 2.06. The lowest BCUT2D eigenvalue weighted by molar-refractivity contribution is -0.131. The van der Waals surface area contributed by atoms with E-state index < -0.39 is 27.9 Å². The fraction of sp³-hybridized carbons (Fsp3) is 0.375. The molecule has 9 nitrogen and oxygen atoms in total. The van der Waals surface area contributed by atoms with Crippen molar-refractivity contribution in [2.75, 3.05) is 12.3 Å². The summed E-state index contributed by atoms with van der Waals surface area (Å²) < 4.78 is 21.1. The minimum absolute atomic E-state index is 0.0121. The lowest BCUT2D eigenvalue weighted by Crippen LogP contribution is -2.39. The number of sulfonamides is 1. The molecule has 0 fully saturated rings. The Hall–Kier alpha value is -1.94. The van der Waals surface area contributed by atoms with Gasteiger partial charge in [0.15, 0.2) is 0 Å². The quantitative estimate of drug-likeness (QED) is 0.329. The first-order valence-electron chi connectivity index (χ1n) is 4.71. The van der Waals surface area contributed by atoms with E-state index in [2.05, 4.69) is 5.32 Å². The summed E-state index contributed by atoms with van der Waals surface area (Å²) in [7, 11) is -3.58. The fourth-order valence-electron chi connectivity index (χ4n) is 0.820. The number of nitrogens with two attached hydrogens (primary N) is 1. The Morgan fingerprint density at radius 3 is 2.33 bits per heavy atom. The van der Waals surface area contributed by atoms with Crippen LogP contribution in [-0.4, -0.2) is 43.7 Å². The molecule has 0 unspecified atom stereocenters. The SMILES string of the molecule is NS(=O)(=O)CCCNC(=O)NC(=O)C=CC(=O)O. The topological polar surface area (TPSA) is 156 Å². The van der Waals surface area contributed by atoms with Crippen LogP contribution in [0.25, 0.3) is 0 Å². The van der Waals surface area contributed by atoms with Crippen molar-refractivity contribution in [1.29, 1.82) is 0 Å². The van der Waals surface area contributed by atoms with Gasteiger partial charge in [-0.25, -0.2) is 23.1 Å². The van der Waals surface area contributed by atoms with Crippen molar-refractivity contribution in [3.63, 3.8) is 0 Å². The summed E-state index contributed by atoms with van der Waals surface area (Å²) in [6, 6.07) is -0.857. The Morgan fingerprint density at radius 2 is 1.83 bits per heavy atom. The van der Waals surface area contributed by atoms with Crippen LogP contribution in [0.2, 0.25) is 0 Å². The maximum Gasteiger partial charge on any atom is 0.328 e. The Kier molecular flexibility index (Phi) is 6.60. The van der Waals surface area contributed by atoms with E-state index in [9.17, 15) is 22.8 Å². The van der Waals surface area contributed by atoms with Gasteiger partial charge in [-0.1, -0.05) is 0 Å². The summed E-state index contributed by atoms with van der Waals surface area (Å²) >= 11 is 0. The van der Waals surface area contributed by atoms with Gasteiger partial charge >= 0.3 is 12.0 Å². The van der Waals surface area contributed by atoms with Crippen molar-refractivity contribution in [2.45, 2.75) is 6.42 Å². The predicted octanol–water partition coefficient (Wildman–Crippen LogP) is -1.87. The van der Waals surface area contributed by atoms with Crippen molar-refractivity contribution >= 4 is 27.9 Å². The molecule has 0 saturated carbocycles. The van der Waals surface area contributed by atoms with Gasteiger partial charge in [0.25, 0.3) is 5.91 Å². The fourth-order valence-corrected chi connectivity index (χ4v) is 1.37. The van der Waals surface area contributed by atoms with Gasteiger partial charge in [-0.2, -0.15) is 0 Å². The number of imide groups is 1. The van der Waals surface area contributed by atoms with Gasteiger partial charge in [-0.3, -0.25) is 10.1 Å². The molecule has 0 heterocycles. The highest BCUT2D eigenvalue weighted by molar-refractivity contribution is 7.89. The van der Waals surface area contributed by atoms with E-state index in [1.54, 1.807) is 0 Å². The van der Waals surface area contributed by atoms with Gasteiger partial charge in [0.2, 0.25) is 10.0 Å². The number of hydrogen-bond acceptors (Lipinski definition) is 5. The zero-order valence-electron chi connectivity index (χ0n) is 9.25. The van der Waals surface area contributed by atoms with Crippen LogP contribution in [0.1, 0.15) is 6.42 Å². The molecule has 0 rings (SSSR count). The van der Waals surface area contributed by atoms with Gasteiger partial charge in [0.1, 0.15) is 0 Å². The molecular formula is C8H13N3O6S.